The molecule has 0 saturated heterocycles. The molecule has 0 aliphatic carbocycles. The minimum absolute atomic E-state index is 0.162. The molecule has 0 heterocycles. The molecule has 0 unspecified atom stereocenters. The lowest BCUT2D eigenvalue weighted by molar-refractivity contribution is 0.0952. The Morgan fingerprint density at radius 1 is 1.03 bits per heavy atom. The predicted octanol–water partition coefficient (Wildman–Crippen LogP) is 3.54. The number of amides is 2. The smallest absolute Gasteiger partial charge is 0.280 e. The average molecular weight is 464 g/mol. The van der Waals surface area contributed by atoms with Crippen LogP contribution in [0.15, 0.2) is 41.4 Å². The van der Waals surface area contributed by atoms with Crippen molar-refractivity contribution in [2.75, 3.05) is 26.2 Å². The number of carbonyl (C=O) groups is 2. The van der Waals surface area contributed by atoms with Crippen LogP contribution in [-0.4, -0.2) is 48.9 Å². The Hall–Kier alpha value is -2.61. The summed E-state index contributed by atoms with van der Waals surface area (Å²) in [6.07, 6.45) is 0.813. The van der Waals surface area contributed by atoms with Crippen LogP contribution in [0.5, 0.6) is 0 Å². The maximum absolute atomic E-state index is 12.8. The minimum Gasteiger partial charge on any atom is -0.370 e. The second kappa shape index (κ2) is 11.7. The van der Waals surface area contributed by atoms with Crippen molar-refractivity contribution in [1.29, 1.82) is 0 Å². The van der Waals surface area contributed by atoms with Crippen molar-refractivity contribution in [2.45, 2.75) is 20.3 Å². The molecule has 0 aromatic heterocycles. The number of rotatable bonds is 9. The van der Waals surface area contributed by atoms with Gasteiger partial charge in [-0.3, -0.25) is 9.59 Å². The third kappa shape index (κ3) is 7.24. The number of aliphatic imine (C=N–C) groups is 1. The van der Waals surface area contributed by atoms with Gasteiger partial charge in [-0.25, -0.2) is 0 Å². The summed E-state index contributed by atoms with van der Waals surface area (Å²) in [5, 5.41) is 3.80. The first-order valence-corrected chi connectivity index (χ1v) is 10.8. The fraction of sp³-hybridized carbons (Fsp3) is 0.318. The van der Waals surface area contributed by atoms with Crippen LogP contribution in [0.2, 0.25) is 10.0 Å². The summed E-state index contributed by atoms with van der Waals surface area (Å²) in [5.74, 6) is -1.33. The molecule has 0 bridgehead atoms. The summed E-state index contributed by atoms with van der Waals surface area (Å²) >= 11 is 12.4. The van der Waals surface area contributed by atoms with Gasteiger partial charge in [0.25, 0.3) is 11.8 Å². The molecule has 2 aromatic carbocycles. The summed E-state index contributed by atoms with van der Waals surface area (Å²) < 4.78 is 0. The summed E-state index contributed by atoms with van der Waals surface area (Å²) in [7, 11) is 0. The Kier molecular flexibility index (Phi) is 9.30. The van der Waals surface area contributed by atoms with Gasteiger partial charge in [-0.15, -0.1) is 0 Å². The highest BCUT2D eigenvalue weighted by molar-refractivity contribution is 6.35. The number of nitrogens with one attached hydrogen (secondary N) is 1. The highest BCUT2D eigenvalue weighted by atomic mass is 35.5. The van der Waals surface area contributed by atoms with Crippen molar-refractivity contribution < 1.29 is 9.59 Å². The lowest BCUT2D eigenvalue weighted by Gasteiger charge is -2.17. The van der Waals surface area contributed by atoms with E-state index in [4.69, 9.17) is 34.7 Å². The topological polar surface area (TPSA) is 114 Å². The van der Waals surface area contributed by atoms with Gasteiger partial charge in [0.05, 0.1) is 0 Å². The summed E-state index contributed by atoms with van der Waals surface area (Å²) in [4.78, 5) is 31.1. The van der Waals surface area contributed by atoms with Crippen LogP contribution in [0, 0.1) is 0 Å². The fourth-order valence-corrected chi connectivity index (χ4v) is 3.48. The van der Waals surface area contributed by atoms with Crippen molar-refractivity contribution in [3.05, 3.63) is 57.6 Å². The van der Waals surface area contributed by atoms with E-state index in [1.807, 2.05) is 0 Å². The van der Waals surface area contributed by atoms with E-state index in [0.717, 1.165) is 26.1 Å². The Balaban J connectivity index is 2.33. The highest BCUT2D eigenvalue weighted by Crippen LogP contribution is 2.32. The average Bonchev–Trinajstić information content (AvgIpc) is 2.74. The molecule has 0 radical (unpaired) electrons. The van der Waals surface area contributed by atoms with Crippen molar-refractivity contribution >= 4 is 41.0 Å². The molecule has 9 heteroatoms. The second-order valence-electron chi connectivity index (χ2n) is 6.90. The molecule has 0 fully saturated rings. The van der Waals surface area contributed by atoms with Gasteiger partial charge in [-0.2, -0.15) is 4.99 Å². The van der Waals surface area contributed by atoms with Crippen LogP contribution in [0.25, 0.3) is 11.1 Å². The van der Waals surface area contributed by atoms with Gasteiger partial charge in [-0.05, 0) is 68.0 Å². The molecule has 31 heavy (non-hydrogen) atoms. The maximum atomic E-state index is 12.8. The molecule has 0 aliphatic heterocycles. The summed E-state index contributed by atoms with van der Waals surface area (Å²) in [5.41, 5.74) is 12.3. The number of guanidine groups is 1. The summed E-state index contributed by atoms with van der Waals surface area (Å²) in [6, 6.07) is 9.66. The standard InChI is InChI=1S/C22H27Cl2N5O2/c1-3-29(4-2)9-5-8-27-20(30)15-10-14(18-13-17(23)6-7-19(18)24)11-16(12-15)21(31)28-22(25)26/h6-7,10-13H,3-5,8-9H2,1-2H3,(H,27,30)(H4,25,26,28,31). The van der Waals surface area contributed by atoms with E-state index < -0.39 is 5.91 Å². The predicted molar refractivity (Wildman–Crippen MR) is 127 cm³/mol. The minimum atomic E-state index is -0.657. The zero-order chi connectivity index (χ0) is 23.0. The zero-order valence-electron chi connectivity index (χ0n) is 17.6. The van der Waals surface area contributed by atoms with Crippen molar-refractivity contribution in [1.82, 2.24) is 10.2 Å². The number of hydrogen-bond donors (Lipinski definition) is 3. The van der Waals surface area contributed by atoms with Crippen molar-refractivity contribution in [3.63, 3.8) is 0 Å². The Morgan fingerprint density at radius 2 is 1.71 bits per heavy atom. The molecule has 0 saturated carbocycles. The largest absolute Gasteiger partial charge is 0.370 e. The van der Waals surface area contributed by atoms with E-state index in [-0.39, 0.29) is 17.4 Å². The van der Waals surface area contributed by atoms with Gasteiger partial charge >= 0.3 is 0 Å². The van der Waals surface area contributed by atoms with E-state index in [1.165, 1.54) is 6.07 Å². The van der Waals surface area contributed by atoms with Gasteiger partial charge in [-0.1, -0.05) is 37.0 Å². The number of benzene rings is 2. The molecule has 2 amide bonds. The highest BCUT2D eigenvalue weighted by Gasteiger charge is 2.15. The van der Waals surface area contributed by atoms with Crippen LogP contribution < -0.4 is 16.8 Å². The van der Waals surface area contributed by atoms with Crippen LogP contribution in [0.1, 0.15) is 41.0 Å². The molecule has 166 valence electrons. The third-order valence-electron chi connectivity index (χ3n) is 4.74. The third-order valence-corrected chi connectivity index (χ3v) is 5.31. The Morgan fingerprint density at radius 3 is 2.35 bits per heavy atom. The van der Waals surface area contributed by atoms with Crippen molar-refractivity contribution in [3.8, 4) is 11.1 Å². The maximum Gasteiger partial charge on any atom is 0.280 e. The van der Waals surface area contributed by atoms with Crippen LogP contribution in [0.4, 0.5) is 0 Å². The monoisotopic (exact) mass is 463 g/mol. The first-order chi connectivity index (χ1) is 14.7. The first-order valence-electron chi connectivity index (χ1n) is 10.00. The van der Waals surface area contributed by atoms with Crippen LogP contribution >= 0.6 is 23.2 Å². The van der Waals surface area contributed by atoms with Crippen molar-refractivity contribution in [2.24, 2.45) is 16.5 Å². The van der Waals surface area contributed by atoms with Gasteiger partial charge in [0.2, 0.25) is 0 Å². The first kappa shape index (κ1) is 24.7. The van der Waals surface area contributed by atoms with E-state index in [9.17, 15) is 9.59 Å². The van der Waals surface area contributed by atoms with E-state index in [0.29, 0.717) is 33.3 Å². The molecular formula is C22H27Cl2N5O2. The van der Waals surface area contributed by atoms with E-state index >= 15 is 0 Å². The number of nitrogens with zero attached hydrogens (tertiary/aromatic N) is 2. The summed E-state index contributed by atoms with van der Waals surface area (Å²) in [6.45, 7) is 7.52. The second-order valence-corrected chi connectivity index (χ2v) is 7.75. The van der Waals surface area contributed by atoms with Crippen LogP contribution in [0.3, 0.4) is 0 Å². The van der Waals surface area contributed by atoms with Gasteiger partial charge in [0.1, 0.15) is 0 Å². The fourth-order valence-electron chi connectivity index (χ4n) is 3.08. The Labute approximate surface area is 192 Å². The lowest BCUT2D eigenvalue weighted by atomic mass is 9.99. The van der Waals surface area contributed by atoms with Gasteiger partial charge in [0.15, 0.2) is 5.96 Å². The Bertz CT molecular complexity index is 970. The molecular weight excluding hydrogens is 437 g/mol. The van der Waals surface area contributed by atoms with Gasteiger partial charge in [0, 0.05) is 33.3 Å². The molecule has 0 atom stereocenters. The molecule has 5 N–H and O–H groups in total. The molecule has 2 aromatic rings. The molecule has 2 rings (SSSR count). The van der Waals surface area contributed by atoms with E-state index in [1.54, 1.807) is 30.3 Å². The quantitative estimate of drug-likeness (QED) is 0.299. The molecule has 7 nitrogen and oxygen atoms in total. The van der Waals surface area contributed by atoms with Crippen LogP contribution in [-0.2, 0) is 0 Å². The molecule has 0 aliphatic rings. The van der Waals surface area contributed by atoms with E-state index in [2.05, 4.69) is 29.1 Å². The normalized spacial score (nSPS) is 10.7. The lowest BCUT2D eigenvalue weighted by Crippen LogP contribution is -2.30. The number of carbonyl (C=O) groups excluding carboxylic acids is 2. The SMILES string of the molecule is CCN(CC)CCCNC(=O)c1cc(C(=O)N=C(N)N)cc(-c2cc(Cl)ccc2Cl)c1. The molecule has 0 spiro atoms. The number of halogens is 2. The number of hydrogen-bond acceptors (Lipinski definition) is 3. The van der Waals surface area contributed by atoms with Gasteiger partial charge < -0.3 is 21.7 Å². The zero-order valence-corrected chi connectivity index (χ0v) is 19.1. The number of nitrogens with two attached hydrogens (primary N) is 2.